The minimum atomic E-state index is -0.631. The van der Waals surface area contributed by atoms with Crippen LogP contribution >= 0.6 is 15.9 Å². The Morgan fingerprint density at radius 2 is 2.00 bits per heavy atom. The van der Waals surface area contributed by atoms with Gasteiger partial charge in [-0.05, 0) is 55.9 Å². The van der Waals surface area contributed by atoms with E-state index in [0.29, 0.717) is 5.92 Å². The molecule has 1 spiro atoms. The summed E-state index contributed by atoms with van der Waals surface area (Å²) in [5.74, 6) is 1.47. The van der Waals surface area contributed by atoms with Crippen LogP contribution in [0.1, 0.15) is 49.7 Å². The van der Waals surface area contributed by atoms with Crippen LogP contribution < -0.4 is 10.2 Å². The number of hydrogen-bond acceptors (Lipinski definition) is 3. The average Bonchev–Trinajstić information content (AvgIpc) is 3.48. The predicted octanol–water partition coefficient (Wildman–Crippen LogP) is 4.63. The topological polar surface area (TPSA) is 44.7 Å². The van der Waals surface area contributed by atoms with Crippen LogP contribution in [0.2, 0.25) is 0 Å². The lowest BCUT2D eigenvalue weighted by Crippen LogP contribution is -2.53. The number of piperidine rings is 1. The van der Waals surface area contributed by atoms with Crippen molar-refractivity contribution in [1.29, 1.82) is 0 Å². The largest absolute Gasteiger partial charge is 0.369 e. The normalized spacial score (nSPS) is 27.1. The van der Waals surface area contributed by atoms with Crippen molar-refractivity contribution < 1.29 is 4.79 Å². The van der Waals surface area contributed by atoms with Crippen LogP contribution in [0.3, 0.4) is 0 Å². The van der Waals surface area contributed by atoms with E-state index >= 15 is 0 Å². The number of carbonyl (C=O) groups is 1. The molecule has 28 heavy (non-hydrogen) atoms. The highest BCUT2D eigenvalue weighted by molar-refractivity contribution is 9.10. The van der Waals surface area contributed by atoms with Crippen molar-refractivity contribution in [3.63, 3.8) is 0 Å². The van der Waals surface area contributed by atoms with Gasteiger partial charge in [-0.3, -0.25) is 9.79 Å². The standard InChI is InChI=1S/C23H24BrN3O/c1-15-14-23(11-12-27(15)18-6-4-5-17(24)13-18)22(28)25-21(26-23)20-8-3-2-7-19(20)16-9-10-16/h2-8,13,15-16H,9-12,14H2,1H3,(H,25,26,28)/t15-,23+/m0/s1. The van der Waals surface area contributed by atoms with E-state index in [1.807, 2.05) is 12.1 Å². The second-order valence-corrected chi connectivity index (χ2v) is 9.20. The Kier molecular flexibility index (Phi) is 4.31. The number of nitrogens with zero attached hydrogens (tertiary/aromatic N) is 2. The lowest BCUT2D eigenvalue weighted by atomic mass is 9.83. The third-order valence-corrected chi connectivity index (χ3v) is 6.78. The minimum Gasteiger partial charge on any atom is -0.369 e. The average molecular weight is 438 g/mol. The van der Waals surface area contributed by atoms with Gasteiger partial charge in [0.1, 0.15) is 11.4 Å². The first-order valence-electron chi connectivity index (χ1n) is 10.1. The fourth-order valence-electron chi connectivity index (χ4n) is 4.68. The molecule has 2 atom stereocenters. The molecule has 1 saturated carbocycles. The van der Waals surface area contributed by atoms with Gasteiger partial charge in [-0.1, -0.05) is 46.3 Å². The molecular formula is C23H24BrN3O. The highest BCUT2D eigenvalue weighted by Crippen LogP contribution is 2.43. The van der Waals surface area contributed by atoms with E-state index in [9.17, 15) is 4.79 Å². The second-order valence-electron chi connectivity index (χ2n) is 8.28. The van der Waals surface area contributed by atoms with E-state index in [1.165, 1.54) is 24.1 Å². The Hall–Kier alpha value is -2.14. The molecule has 4 nitrogen and oxygen atoms in total. The molecule has 1 saturated heterocycles. The Labute approximate surface area is 174 Å². The van der Waals surface area contributed by atoms with Crippen LogP contribution in [-0.4, -0.2) is 29.9 Å². The second kappa shape index (κ2) is 6.73. The molecule has 0 bridgehead atoms. The summed E-state index contributed by atoms with van der Waals surface area (Å²) in [6.45, 7) is 3.02. The van der Waals surface area contributed by atoms with Crippen LogP contribution in [0.5, 0.6) is 0 Å². The fraction of sp³-hybridized carbons (Fsp3) is 0.391. The number of nitrogens with one attached hydrogen (secondary N) is 1. The molecule has 1 N–H and O–H groups in total. The molecule has 0 unspecified atom stereocenters. The molecule has 2 aromatic carbocycles. The van der Waals surface area contributed by atoms with Gasteiger partial charge in [-0.15, -0.1) is 0 Å². The number of anilines is 1. The molecule has 5 heteroatoms. The van der Waals surface area contributed by atoms with Crippen molar-refractivity contribution in [2.75, 3.05) is 11.4 Å². The number of hydrogen-bond donors (Lipinski definition) is 1. The quantitative estimate of drug-likeness (QED) is 0.760. The lowest BCUT2D eigenvalue weighted by molar-refractivity contribution is -0.124. The van der Waals surface area contributed by atoms with Crippen molar-refractivity contribution in [3.05, 3.63) is 64.1 Å². The summed E-state index contributed by atoms with van der Waals surface area (Å²) >= 11 is 3.56. The van der Waals surface area contributed by atoms with E-state index in [-0.39, 0.29) is 11.9 Å². The van der Waals surface area contributed by atoms with Crippen LogP contribution in [0.25, 0.3) is 0 Å². The Balaban J connectivity index is 1.43. The predicted molar refractivity (Wildman–Crippen MR) is 116 cm³/mol. The molecule has 5 rings (SSSR count). The zero-order valence-electron chi connectivity index (χ0n) is 16.0. The van der Waals surface area contributed by atoms with Crippen LogP contribution in [0, 0.1) is 0 Å². The number of aliphatic imine (C=N–C) groups is 1. The van der Waals surface area contributed by atoms with Crippen molar-refractivity contribution in [3.8, 4) is 0 Å². The molecule has 2 fully saturated rings. The minimum absolute atomic E-state index is 0.0637. The van der Waals surface area contributed by atoms with Gasteiger partial charge >= 0.3 is 0 Å². The molecule has 0 radical (unpaired) electrons. The van der Waals surface area contributed by atoms with Crippen molar-refractivity contribution >= 4 is 33.4 Å². The van der Waals surface area contributed by atoms with Gasteiger partial charge in [0.05, 0.1) is 0 Å². The first-order chi connectivity index (χ1) is 13.6. The number of carbonyl (C=O) groups excluding carboxylic acids is 1. The molecular weight excluding hydrogens is 414 g/mol. The fourth-order valence-corrected chi connectivity index (χ4v) is 5.07. The van der Waals surface area contributed by atoms with Gasteiger partial charge < -0.3 is 10.2 Å². The summed E-state index contributed by atoms with van der Waals surface area (Å²) in [4.78, 5) is 20.4. The third-order valence-electron chi connectivity index (χ3n) is 6.28. The van der Waals surface area contributed by atoms with Gasteiger partial charge in [0, 0.05) is 34.7 Å². The summed E-state index contributed by atoms with van der Waals surface area (Å²) in [7, 11) is 0. The van der Waals surface area contributed by atoms with Crippen molar-refractivity contribution in [2.45, 2.75) is 50.1 Å². The zero-order valence-corrected chi connectivity index (χ0v) is 17.6. The molecule has 144 valence electrons. The maximum atomic E-state index is 13.0. The van der Waals surface area contributed by atoms with Gasteiger partial charge in [0.2, 0.25) is 0 Å². The molecule has 3 aliphatic rings. The third kappa shape index (κ3) is 3.06. The van der Waals surface area contributed by atoms with Gasteiger partial charge in [-0.2, -0.15) is 0 Å². The van der Waals surface area contributed by atoms with Gasteiger partial charge in [-0.25, -0.2) is 0 Å². The first kappa shape index (κ1) is 17.9. The van der Waals surface area contributed by atoms with Crippen LogP contribution in [-0.2, 0) is 4.79 Å². The van der Waals surface area contributed by atoms with Crippen molar-refractivity contribution in [1.82, 2.24) is 5.32 Å². The number of benzene rings is 2. The van der Waals surface area contributed by atoms with Crippen LogP contribution in [0.4, 0.5) is 5.69 Å². The molecule has 0 aromatic heterocycles. The van der Waals surface area contributed by atoms with Crippen LogP contribution in [0.15, 0.2) is 58.0 Å². The number of amidine groups is 1. The number of amides is 1. The summed E-state index contributed by atoms with van der Waals surface area (Å²) in [5, 5.41) is 3.12. The molecule has 1 aliphatic carbocycles. The van der Waals surface area contributed by atoms with Gasteiger partial charge in [0.15, 0.2) is 0 Å². The van der Waals surface area contributed by atoms with Gasteiger partial charge in [0.25, 0.3) is 5.91 Å². The van der Waals surface area contributed by atoms with E-state index in [0.717, 1.165) is 35.3 Å². The number of halogens is 1. The lowest BCUT2D eigenvalue weighted by Gasteiger charge is -2.42. The Bertz CT molecular complexity index is 968. The monoisotopic (exact) mass is 437 g/mol. The smallest absolute Gasteiger partial charge is 0.253 e. The molecule has 2 heterocycles. The summed E-state index contributed by atoms with van der Waals surface area (Å²) in [6, 6.07) is 17.0. The maximum Gasteiger partial charge on any atom is 0.253 e. The number of rotatable bonds is 3. The van der Waals surface area contributed by atoms with E-state index in [2.05, 4.69) is 69.5 Å². The highest BCUT2D eigenvalue weighted by atomic mass is 79.9. The Morgan fingerprint density at radius 1 is 1.18 bits per heavy atom. The molecule has 1 amide bonds. The van der Waals surface area contributed by atoms with E-state index < -0.39 is 5.54 Å². The molecule has 2 aromatic rings. The van der Waals surface area contributed by atoms with E-state index in [4.69, 9.17) is 4.99 Å². The van der Waals surface area contributed by atoms with E-state index in [1.54, 1.807) is 0 Å². The highest BCUT2D eigenvalue weighted by Gasteiger charge is 2.48. The maximum absolute atomic E-state index is 13.0. The Morgan fingerprint density at radius 3 is 2.75 bits per heavy atom. The SMILES string of the molecule is C[C@H]1C[C@@]2(CCN1c1cccc(Br)c1)N=C(c1ccccc1C1CC1)NC2=O. The summed E-state index contributed by atoms with van der Waals surface area (Å²) in [5.41, 5.74) is 3.00. The molecule has 2 aliphatic heterocycles. The first-order valence-corrected chi connectivity index (χ1v) is 10.9. The summed E-state index contributed by atoms with van der Waals surface area (Å²) in [6.07, 6.45) is 3.95. The van der Waals surface area contributed by atoms with Crippen molar-refractivity contribution in [2.24, 2.45) is 4.99 Å². The summed E-state index contributed by atoms with van der Waals surface area (Å²) < 4.78 is 1.08. The zero-order chi connectivity index (χ0) is 19.3.